The molecule has 0 unspecified atom stereocenters. The summed E-state index contributed by atoms with van der Waals surface area (Å²) in [6, 6.07) is 0. The summed E-state index contributed by atoms with van der Waals surface area (Å²) in [4.78, 5) is 25.7. The maximum atomic E-state index is 12.9. The van der Waals surface area contributed by atoms with Gasteiger partial charge in [0.1, 0.15) is 12.2 Å². The Morgan fingerprint density at radius 3 is 2.19 bits per heavy atom. The van der Waals surface area contributed by atoms with Gasteiger partial charge in [0.25, 0.3) is 0 Å². The minimum atomic E-state index is -1.52. The Morgan fingerprint density at radius 2 is 1.77 bits per heavy atom. The second-order valence-corrected chi connectivity index (χ2v) is 11.8. The zero-order valence-corrected chi connectivity index (χ0v) is 18.7. The zero-order valence-electron chi connectivity index (χ0n) is 17.5. The van der Waals surface area contributed by atoms with Gasteiger partial charge in [-0.05, 0) is 45.2 Å². The molecule has 0 saturated carbocycles. The SMILES string of the molecule is C[SiH](C)O[C@]1(COCC(N)=O)C[C@H](C(C)(C)C)CN1C(=O)OC(C)(C)C. The van der Waals surface area contributed by atoms with Crippen LogP contribution in [0.1, 0.15) is 48.0 Å². The summed E-state index contributed by atoms with van der Waals surface area (Å²) in [5, 5.41) is 0. The maximum absolute atomic E-state index is 12.9. The van der Waals surface area contributed by atoms with Crippen molar-refractivity contribution in [2.75, 3.05) is 19.8 Å². The molecule has 0 aromatic rings. The predicted octanol–water partition coefficient (Wildman–Crippen LogP) is 2.49. The number of nitrogens with zero attached hydrogens (tertiary/aromatic N) is 1. The first-order chi connectivity index (χ1) is 11.7. The Balaban J connectivity index is 3.17. The first-order valence-corrected chi connectivity index (χ1v) is 12.0. The van der Waals surface area contributed by atoms with Gasteiger partial charge in [-0.1, -0.05) is 20.8 Å². The molecule has 1 saturated heterocycles. The molecule has 0 spiro atoms. The van der Waals surface area contributed by atoms with Gasteiger partial charge in [0, 0.05) is 13.0 Å². The lowest BCUT2D eigenvalue weighted by atomic mass is 9.79. The Morgan fingerprint density at radius 1 is 1.19 bits per heavy atom. The molecule has 1 rings (SSSR count). The number of carbonyl (C=O) groups is 2. The number of primary amides is 1. The van der Waals surface area contributed by atoms with Crippen LogP contribution >= 0.6 is 0 Å². The van der Waals surface area contributed by atoms with Crippen LogP contribution in [0, 0.1) is 11.3 Å². The third kappa shape index (κ3) is 6.55. The lowest BCUT2D eigenvalue weighted by Crippen LogP contribution is -2.55. The van der Waals surface area contributed by atoms with E-state index in [-0.39, 0.29) is 24.5 Å². The number of nitrogens with two attached hydrogens (primary N) is 1. The van der Waals surface area contributed by atoms with Gasteiger partial charge in [0.15, 0.2) is 14.8 Å². The van der Waals surface area contributed by atoms with Crippen LogP contribution in [0.3, 0.4) is 0 Å². The lowest BCUT2D eigenvalue weighted by molar-refractivity contribution is -0.133. The highest BCUT2D eigenvalue weighted by Crippen LogP contribution is 2.44. The summed E-state index contributed by atoms with van der Waals surface area (Å²) in [5.41, 5.74) is 3.66. The summed E-state index contributed by atoms with van der Waals surface area (Å²) in [7, 11) is -1.52. The second-order valence-electron chi connectivity index (χ2n) is 9.43. The van der Waals surface area contributed by atoms with Crippen molar-refractivity contribution in [2.45, 2.75) is 72.4 Å². The van der Waals surface area contributed by atoms with Gasteiger partial charge in [-0.15, -0.1) is 0 Å². The minimum Gasteiger partial charge on any atom is -0.444 e. The summed E-state index contributed by atoms with van der Waals surface area (Å²) < 4.78 is 17.5. The highest BCUT2D eigenvalue weighted by atomic mass is 28.3. The minimum absolute atomic E-state index is 0.00635. The van der Waals surface area contributed by atoms with Crippen molar-refractivity contribution in [1.29, 1.82) is 0 Å². The molecule has 1 fully saturated rings. The fraction of sp³-hybridized carbons (Fsp3) is 0.889. The molecule has 0 bridgehead atoms. The van der Waals surface area contributed by atoms with Gasteiger partial charge in [0.05, 0.1) is 6.61 Å². The maximum Gasteiger partial charge on any atom is 0.412 e. The van der Waals surface area contributed by atoms with Crippen molar-refractivity contribution >= 4 is 21.0 Å². The third-order valence-electron chi connectivity index (χ3n) is 4.33. The Labute approximate surface area is 159 Å². The standard InChI is InChI=1S/C18H36N2O5Si/c1-16(2,3)13-9-18(25-26(7)8,12-23-11-14(19)21)20(10-13)15(22)24-17(4,5)6/h13,26H,9-12H2,1-8H3,(H2,19,21)/t13-,18-/m0/s1. The molecule has 8 heteroatoms. The van der Waals surface area contributed by atoms with E-state index in [0.717, 1.165) is 0 Å². The van der Waals surface area contributed by atoms with Gasteiger partial charge >= 0.3 is 6.09 Å². The highest BCUT2D eigenvalue weighted by molar-refractivity contribution is 6.48. The van der Waals surface area contributed by atoms with E-state index in [1.54, 1.807) is 4.90 Å². The molecule has 0 radical (unpaired) electrons. The van der Waals surface area contributed by atoms with Crippen LogP contribution in [0.2, 0.25) is 13.1 Å². The summed E-state index contributed by atoms with van der Waals surface area (Å²) >= 11 is 0. The Kier molecular flexibility index (Phi) is 7.29. The molecule has 1 aliphatic rings. The number of amides is 2. The normalized spacial score (nSPS) is 24.2. The van der Waals surface area contributed by atoms with Crippen molar-refractivity contribution < 1.29 is 23.5 Å². The summed E-state index contributed by atoms with van der Waals surface area (Å²) in [5.74, 6) is -0.323. The average molecular weight is 389 g/mol. The van der Waals surface area contributed by atoms with Gasteiger partial charge in [0.2, 0.25) is 5.91 Å². The van der Waals surface area contributed by atoms with Gasteiger partial charge in [-0.3, -0.25) is 9.69 Å². The molecule has 152 valence electrons. The summed E-state index contributed by atoms with van der Waals surface area (Å²) in [6.45, 7) is 16.5. The van der Waals surface area contributed by atoms with E-state index in [0.29, 0.717) is 13.0 Å². The number of carbonyl (C=O) groups excluding carboxylic acids is 2. The Hall–Kier alpha value is -1.12. The topological polar surface area (TPSA) is 91.1 Å². The van der Waals surface area contributed by atoms with Crippen molar-refractivity contribution in [3.63, 3.8) is 0 Å². The van der Waals surface area contributed by atoms with E-state index < -0.39 is 32.4 Å². The van der Waals surface area contributed by atoms with Crippen LogP contribution in [-0.2, 0) is 18.7 Å². The van der Waals surface area contributed by atoms with Crippen LogP contribution in [0.4, 0.5) is 4.79 Å². The van der Waals surface area contributed by atoms with Crippen molar-refractivity contribution in [3.05, 3.63) is 0 Å². The third-order valence-corrected chi connectivity index (χ3v) is 5.24. The quantitative estimate of drug-likeness (QED) is 0.706. The Bertz CT molecular complexity index is 513. The van der Waals surface area contributed by atoms with Crippen LogP contribution in [0.15, 0.2) is 0 Å². The molecular weight excluding hydrogens is 352 g/mol. The molecular formula is C18H36N2O5Si. The van der Waals surface area contributed by atoms with Crippen molar-refractivity contribution in [3.8, 4) is 0 Å². The molecule has 7 nitrogen and oxygen atoms in total. The van der Waals surface area contributed by atoms with E-state index in [1.165, 1.54) is 0 Å². The molecule has 1 aliphatic heterocycles. The smallest absolute Gasteiger partial charge is 0.412 e. The molecule has 26 heavy (non-hydrogen) atoms. The molecule has 2 amide bonds. The fourth-order valence-corrected chi connectivity index (χ4v) is 4.29. The van der Waals surface area contributed by atoms with Crippen LogP contribution in [0.25, 0.3) is 0 Å². The van der Waals surface area contributed by atoms with E-state index in [1.807, 2.05) is 33.9 Å². The number of rotatable bonds is 6. The monoisotopic (exact) mass is 388 g/mol. The molecule has 0 aromatic heterocycles. The number of hydrogen-bond acceptors (Lipinski definition) is 5. The number of hydrogen-bond donors (Lipinski definition) is 1. The summed E-state index contributed by atoms with van der Waals surface area (Å²) in [6.07, 6.45) is 0.223. The van der Waals surface area contributed by atoms with Crippen LogP contribution in [-0.4, -0.2) is 57.0 Å². The van der Waals surface area contributed by atoms with E-state index in [2.05, 4.69) is 20.8 Å². The number of ether oxygens (including phenoxy) is 2. The van der Waals surface area contributed by atoms with E-state index >= 15 is 0 Å². The largest absolute Gasteiger partial charge is 0.444 e. The molecule has 1 heterocycles. The van der Waals surface area contributed by atoms with Gasteiger partial charge in [-0.25, -0.2) is 4.79 Å². The highest BCUT2D eigenvalue weighted by Gasteiger charge is 2.53. The van der Waals surface area contributed by atoms with Gasteiger partial charge in [-0.2, -0.15) is 0 Å². The number of likely N-dealkylation sites (tertiary alicyclic amines) is 1. The van der Waals surface area contributed by atoms with E-state index in [4.69, 9.17) is 19.6 Å². The van der Waals surface area contributed by atoms with E-state index in [9.17, 15) is 9.59 Å². The zero-order chi connectivity index (χ0) is 20.3. The fourth-order valence-electron chi connectivity index (χ4n) is 3.12. The first-order valence-electron chi connectivity index (χ1n) is 9.21. The molecule has 0 aliphatic carbocycles. The van der Waals surface area contributed by atoms with Gasteiger partial charge < -0.3 is 19.6 Å². The second kappa shape index (κ2) is 8.27. The van der Waals surface area contributed by atoms with Crippen LogP contribution in [0.5, 0.6) is 0 Å². The van der Waals surface area contributed by atoms with Crippen LogP contribution < -0.4 is 5.73 Å². The molecule has 2 N–H and O–H groups in total. The van der Waals surface area contributed by atoms with Crippen molar-refractivity contribution in [2.24, 2.45) is 17.1 Å². The molecule has 0 aromatic carbocycles. The first kappa shape index (κ1) is 22.9. The predicted molar refractivity (Wildman–Crippen MR) is 103 cm³/mol. The molecule has 2 atom stereocenters. The lowest BCUT2D eigenvalue weighted by Gasteiger charge is -2.40. The van der Waals surface area contributed by atoms with Crippen molar-refractivity contribution in [1.82, 2.24) is 4.90 Å². The average Bonchev–Trinajstić information content (AvgIpc) is 2.74.